The van der Waals surface area contributed by atoms with Gasteiger partial charge in [-0.05, 0) is 30.3 Å². The average molecular weight is 307 g/mol. The zero-order valence-electron chi connectivity index (χ0n) is 13.0. The normalized spacial score (nSPS) is 10.3. The first-order valence-electron chi connectivity index (χ1n) is 7.22. The van der Waals surface area contributed by atoms with Crippen LogP contribution in [-0.4, -0.2) is 22.8 Å². The summed E-state index contributed by atoms with van der Waals surface area (Å²) in [7, 11) is 3.37. The minimum Gasteiger partial charge on any atom is -0.497 e. The van der Waals surface area contributed by atoms with E-state index in [4.69, 9.17) is 4.74 Å². The Morgan fingerprint density at radius 3 is 2.61 bits per heavy atom. The summed E-state index contributed by atoms with van der Waals surface area (Å²) in [5.41, 5.74) is 2.87. The minimum absolute atomic E-state index is 0.194. The Labute approximate surface area is 134 Å². The monoisotopic (exact) mass is 307 g/mol. The molecule has 0 aliphatic rings. The summed E-state index contributed by atoms with van der Waals surface area (Å²) in [6.45, 7) is 0. The highest BCUT2D eigenvalue weighted by atomic mass is 16.5. The third-order valence-corrected chi connectivity index (χ3v) is 3.51. The van der Waals surface area contributed by atoms with Gasteiger partial charge in [-0.25, -0.2) is 0 Å². The van der Waals surface area contributed by atoms with E-state index in [9.17, 15) is 4.79 Å². The average Bonchev–Trinajstić information content (AvgIpc) is 2.98. The van der Waals surface area contributed by atoms with Crippen molar-refractivity contribution in [2.45, 2.75) is 0 Å². The van der Waals surface area contributed by atoms with Crippen LogP contribution in [0.2, 0.25) is 0 Å². The highest BCUT2D eigenvalue weighted by Gasteiger charge is 2.14. The summed E-state index contributed by atoms with van der Waals surface area (Å²) in [6.07, 6.45) is 0. The van der Waals surface area contributed by atoms with Crippen LogP contribution in [0.4, 0.5) is 5.69 Å². The molecule has 116 valence electrons. The van der Waals surface area contributed by atoms with Crippen molar-refractivity contribution >= 4 is 11.6 Å². The Hall–Kier alpha value is -3.08. The van der Waals surface area contributed by atoms with Crippen molar-refractivity contribution in [1.29, 1.82) is 0 Å². The fourth-order valence-electron chi connectivity index (χ4n) is 2.32. The topological polar surface area (TPSA) is 56.1 Å². The van der Waals surface area contributed by atoms with Crippen LogP contribution in [0.25, 0.3) is 11.3 Å². The molecule has 0 radical (unpaired) electrons. The summed E-state index contributed by atoms with van der Waals surface area (Å²) in [4.78, 5) is 12.4. The second-order valence-corrected chi connectivity index (χ2v) is 5.09. The molecule has 2 aromatic carbocycles. The SMILES string of the molecule is COc1cccc(-c2cc(C(=O)Nc3ccccc3)n(C)n2)c1. The number of aromatic nitrogens is 2. The number of hydrogen-bond acceptors (Lipinski definition) is 3. The molecule has 1 heterocycles. The van der Waals surface area contributed by atoms with Gasteiger partial charge in [-0.15, -0.1) is 0 Å². The van der Waals surface area contributed by atoms with Crippen molar-refractivity contribution in [2.75, 3.05) is 12.4 Å². The molecule has 3 aromatic rings. The van der Waals surface area contributed by atoms with Crippen LogP contribution in [0.15, 0.2) is 60.7 Å². The van der Waals surface area contributed by atoms with E-state index in [-0.39, 0.29) is 5.91 Å². The number of hydrogen-bond donors (Lipinski definition) is 1. The molecule has 5 heteroatoms. The largest absolute Gasteiger partial charge is 0.497 e. The molecule has 3 rings (SSSR count). The lowest BCUT2D eigenvalue weighted by atomic mass is 10.1. The Bertz CT molecular complexity index is 825. The summed E-state index contributed by atoms with van der Waals surface area (Å²) in [6, 6.07) is 18.7. The van der Waals surface area contributed by atoms with Crippen molar-refractivity contribution in [2.24, 2.45) is 7.05 Å². The van der Waals surface area contributed by atoms with E-state index in [2.05, 4.69) is 10.4 Å². The highest BCUT2D eigenvalue weighted by Crippen LogP contribution is 2.23. The molecule has 0 unspecified atom stereocenters. The minimum atomic E-state index is -0.194. The maximum absolute atomic E-state index is 12.4. The number of para-hydroxylation sites is 1. The van der Waals surface area contributed by atoms with Gasteiger partial charge in [-0.2, -0.15) is 5.10 Å². The lowest BCUT2D eigenvalue weighted by molar-refractivity contribution is 0.101. The Kier molecular flexibility index (Phi) is 4.10. The van der Waals surface area contributed by atoms with Gasteiger partial charge in [0.15, 0.2) is 0 Å². The first-order valence-corrected chi connectivity index (χ1v) is 7.22. The number of ether oxygens (including phenoxy) is 1. The molecule has 0 saturated carbocycles. The Morgan fingerprint density at radius 1 is 1.09 bits per heavy atom. The number of amides is 1. The summed E-state index contributed by atoms with van der Waals surface area (Å²) >= 11 is 0. The zero-order chi connectivity index (χ0) is 16.2. The van der Waals surface area contributed by atoms with Crippen LogP contribution in [-0.2, 0) is 7.05 Å². The molecule has 5 nitrogen and oxygen atoms in total. The van der Waals surface area contributed by atoms with Gasteiger partial charge in [0.25, 0.3) is 5.91 Å². The first kappa shape index (κ1) is 14.8. The first-order chi connectivity index (χ1) is 11.2. The molecule has 1 N–H and O–H groups in total. The number of anilines is 1. The van der Waals surface area contributed by atoms with E-state index in [0.29, 0.717) is 5.69 Å². The predicted octanol–water partition coefficient (Wildman–Crippen LogP) is 3.35. The number of benzene rings is 2. The third-order valence-electron chi connectivity index (χ3n) is 3.51. The molecule has 0 fully saturated rings. The second-order valence-electron chi connectivity index (χ2n) is 5.09. The number of carbonyl (C=O) groups excluding carboxylic acids is 1. The van der Waals surface area contributed by atoms with Crippen LogP contribution in [0, 0.1) is 0 Å². The maximum atomic E-state index is 12.4. The zero-order valence-corrected chi connectivity index (χ0v) is 13.0. The van der Waals surface area contributed by atoms with Gasteiger partial charge in [0, 0.05) is 18.3 Å². The predicted molar refractivity (Wildman–Crippen MR) is 89.6 cm³/mol. The molecule has 1 amide bonds. The number of aryl methyl sites for hydroxylation is 1. The number of rotatable bonds is 4. The highest BCUT2D eigenvalue weighted by molar-refractivity contribution is 6.03. The molecule has 1 aromatic heterocycles. The van der Waals surface area contributed by atoms with E-state index < -0.39 is 0 Å². The molecule has 0 bridgehead atoms. The molecule has 0 atom stereocenters. The van der Waals surface area contributed by atoms with Crippen LogP contribution in [0.3, 0.4) is 0 Å². The fourth-order valence-corrected chi connectivity index (χ4v) is 2.32. The second kappa shape index (κ2) is 6.36. The molecule has 0 aliphatic heterocycles. The lowest BCUT2D eigenvalue weighted by Gasteiger charge is -2.04. The van der Waals surface area contributed by atoms with Crippen molar-refractivity contribution in [3.63, 3.8) is 0 Å². The fraction of sp³-hybridized carbons (Fsp3) is 0.111. The van der Waals surface area contributed by atoms with Gasteiger partial charge in [0.2, 0.25) is 0 Å². The van der Waals surface area contributed by atoms with Gasteiger partial charge in [-0.1, -0.05) is 30.3 Å². The van der Waals surface area contributed by atoms with Crippen molar-refractivity contribution in [1.82, 2.24) is 9.78 Å². The van der Waals surface area contributed by atoms with E-state index in [1.807, 2.05) is 54.6 Å². The summed E-state index contributed by atoms with van der Waals surface area (Å²) in [5, 5.41) is 7.28. The lowest BCUT2D eigenvalue weighted by Crippen LogP contribution is -2.15. The van der Waals surface area contributed by atoms with Crippen molar-refractivity contribution in [3.05, 3.63) is 66.4 Å². The molecule has 0 saturated heterocycles. The van der Waals surface area contributed by atoms with Crippen LogP contribution >= 0.6 is 0 Å². The van der Waals surface area contributed by atoms with Gasteiger partial charge in [-0.3, -0.25) is 9.48 Å². The quantitative estimate of drug-likeness (QED) is 0.804. The van der Waals surface area contributed by atoms with Gasteiger partial charge in [0.1, 0.15) is 11.4 Å². The number of nitrogens with one attached hydrogen (secondary N) is 1. The van der Waals surface area contributed by atoms with Crippen LogP contribution < -0.4 is 10.1 Å². The van der Waals surface area contributed by atoms with Crippen molar-refractivity contribution < 1.29 is 9.53 Å². The summed E-state index contributed by atoms with van der Waals surface area (Å²) < 4.78 is 6.80. The number of methoxy groups -OCH3 is 1. The van der Waals surface area contributed by atoms with Crippen molar-refractivity contribution in [3.8, 4) is 17.0 Å². The van der Waals surface area contributed by atoms with E-state index in [1.165, 1.54) is 0 Å². The van der Waals surface area contributed by atoms with Gasteiger partial charge < -0.3 is 10.1 Å². The summed E-state index contributed by atoms with van der Waals surface area (Å²) in [5.74, 6) is 0.559. The molecule has 23 heavy (non-hydrogen) atoms. The van der Waals surface area contributed by atoms with Crippen LogP contribution in [0.1, 0.15) is 10.5 Å². The molecule has 0 aliphatic carbocycles. The van der Waals surface area contributed by atoms with E-state index in [1.54, 1.807) is 24.9 Å². The third kappa shape index (κ3) is 3.23. The number of nitrogens with zero attached hydrogens (tertiary/aromatic N) is 2. The van der Waals surface area contributed by atoms with E-state index in [0.717, 1.165) is 22.7 Å². The van der Waals surface area contributed by atoms with Crippen LogP contribution in [0.5, 0.6) is 5.75 Å². The standard InChI is InChI=1S/C18H17N3O2/c1-21-17(18(22)19-14-8-4-3-5-9-14)12-16(20-21)13-7-6-10-15(11-13)23-2/h3-12H,1-2H3,(H,19,22). The Balaban J connectivity index is 1.87. The van der Waals surface area contributed by atoms with Gasteiger partial charge in [0.05, 0.1) is 12.8 Å². The number of carbonyl (C=O) groups is 1. The molecular formula is C18H17N3O2. The molecule has 0 spiro atoms. The Morgan fingerprint density at radius 2 is 1.87 bits per heavy atom. The smallest absolute Gasteiger partial charge is 0.273 e. The molecular weight excluding hydrogens is 290 g/mol. The van der Waals surface area contributed by atoms with Gasteiger partial charge >= 0.3 is 0 Å². The van der Waals surface area contributed by atoms with E-state index >= 15 is 0 Å². The maximum Gasteiger partial charge on any atom is 0.273 e.